The van der Waals surface area contributed by atoms with Crippen molar-refractivity contribution in [2.24, 2.45) is 0 Å². The Hall–Kier alpha value is -1.59. The minimum atomic E-state index is -3.84. The lowest BCUT2D eigenvalue weighted by atomic mass is 10.2. The van der Waals surface area contributed by atoms with E-state index in [1.807, 2.05) is 19.9 Å². The molecule has 0 bridgehead atoms. The number of benzene rings is 1. The van der Waals surface area contributed by atoms with Crippen LogP contribution in [0.5, 0.6) is 5.75 Å². The molecular weight excluding hydrogens is 298 g/mol. The molecule has 106 valence electrons. The van der Waals surface area contributed by atoms with Gasteiger partial charge in [0.2, 0.25) is 0 Å². The van der Waals surface area contributed by atoms with Crippen LogP contribution in [0.4, 0.5) is 0 Å². The first-order chi connectivity index (χ1) is 9.39. The van der Waals surface area contributed by atoms with Gasteiger partial charge < -0.3 is 4.74 Å². The molecule has 6 heteroatoms. The van der Waals surface area contributed by atoms with Gasteiger partial charge in [0, 0.05) is 22.3 Å². The van der Waals surface area contributed by atoms with Crippen molar-refractivity contribution < 1.29 is 13.2 Å². The molecule has 2 rings (SSSR count). The van der Waals surface area contributed by atoms with Crippen LogP contribution in [0.25, 0.3) is 10.9 Å². The Morgan fingerprint density at radius 2 is 2.10 bits per heavy atom. The van der Waals surface area contributed by atoms with E-state index in [2.05, 4.69) is 4.98 Å². The highest BCUT2D eigenvalue weighted by Gasteiger charge is 2.17. The van der Waals surface area contributed by atoms with Crippen LogP contribution in [0.2, 0.25) is 0 Å². The Balaban J connectivity index is 2.52. The third-order valence-electron chi connectivity index (χ3n) is 2.69. The van der Waals surface area contributed by atoms with E-state index in [0.29, 0.717) is 23.3 Å². The highest BCUT2D eigenvalue weighted by Crippen LogP contribution is 2.31. The van der Waals surface area contributed by atoms with E-state index in [4.69, 9.17) is 15.4 Å². The SMILES string of the molecule is CC(C)=CCOc1ccc(S(=O)(=O)Cl)c2ncccc12. The fraction of sp³-hybridized carbons (Fsp3) is 0.214. The molecule has 1 heterocycles. The summed E-state index contributed by atoms with van der Waals surface area (Å²) in [6, 6.07) is 6.49. The Morgan fingerprint density at radius 1 is 1.35 bits per heavy atom. The van der Waals surface area contributed by atoms with E-state index in [1.165, 1.54) is 12.3 Å². The molecule has 0 amide bonds. The molecule has 0 aliphatic heterocycles. The number of allylic oxidation sites excluding steroid dienone is 1. The van der Waals surface area contributed by atoms with Gasteiger partial charge in [-0.1, -0.05) is 5.57 Å². The lowest BCUT2D eigenvalue weighted by molar-refractivity contribution is 0.366. The van der Waals surface area contributed by atoms with Crippen molar-refractivity contribution in [3.05, 3.63) is 42.1 Å². The second-order valence-electron chi connectivity index (χ2n) is 4.49. The maximum absolute atomic E-state index is 11.5. The predicted octanol–water partition coefficient (Wildman–Crippen LogP) is 3.51. The number of pyridine rings is 1. The zero-order chi connectivity index (χ0) is 14.8. The highest BCUT2D eigenvalue weighted by atomic mass is 35.7. The van der Waals surface area contributed by atoms with E-state index >= 15 is 0 Å². The number of fused-ring (bicyclic) bond motifs is 1. The largest absolute Gasteiger partial charge is 0.489 e. The number of ether oxygens (including phenoxy) is 1. The van der Waals surface area contributed by atoms with Crippen molar-refractivity contribution in [2.45, 2.75) is 18.7 Å². The molecule has 0 aliphatic rings. The van der Waals surface area contributed by atoms with Gasteiger partial charge in [-0.3, -0.25) is 4.98 Å². The molecule has 1 aromatic carbocycles. The average Bonchev–Trinajstić information content (AvgIpc) is 2.37. The number of aromatic nitrogens is 1. The number of hydrogen-bond donors (Lipinski definition) is 0. The maximum atomic E-state index is 11.5. The van der Waals surface area contributed by atoms with Crippen molar-refractivity contribution in [1.82, 2.24) is 4.98 Å². The molecule has 1 aromatic heterocycles. The number of halogens is 1. The summed E-state index contributed by atoms with van der Waals surface area (Å²) in [5.74, 6) is 0.578. The van der Waals surface area contributed by atoms with Crippen LogP contribution in [0.1, 0.15) is 13.8 Å². The zero-order valence-corrected chi connectivity index (χ0v) is 12.7. The van der Waals surface area contributed by atoms with Gasteiger partial charge in [-0.25, -0.2) is 8.42 Å². The summed E-state index contributed by atoms with van der Waals surface area (Å²) < 4.78 is 28.7. The molecular formula is C14H14ClNO3S. The summed E-state index contributed by atoms with van der Waals surface area (Å²) in [7, 11) is 1.58. The van der Waals surface area contributed by atoms with Crippen molar-refractivity contribution in [3.63, 3.8) is 0 Å². The fourth-order valence-corrected chi connectivity index (χ4v) is 2.74. The molecule has 0 aliphatic carbocycles. The third-order valence-corrected chi connectivity index (χ3v) is 4.04. The number of hydrogen-bond acceptors (Lipinski definition) is 4. The quantitative estimate of drug-likeness (QED) is 0.640. The van der Waals surface area contributed by atoms with E-state index in [1.54, 1.807) is 18.2 Å². The first kappa shape index (κ1) is 14.8. The number of rotatable bonds is 4. The Bertz CT molecular complexity index is 765. The summed E-state index contributed by atoms with van der Waals surface area (Å²) in [6.45, 7) is 4.37. The third kappa shape index (κ3) is 3.29. The van der Waals surface area contributed by atoms with E-state index in [9.17, 15) is 8.42 Å². The van der Waals surface area contributed by atoms with Crippen LogP contribution in [0.3, 0.4) is 0 Å². The molecule has 4 nitrogen and oxygen atoms in total. The Labute approximate surface area is 122 Å². The molecule has 0 saturated heterocycles. The summed E-state index contributed by atoms with van der Waals surface area (Å²) in [4.78, 5) is 4.08. The standard InChI is InChI=1S/C14H14ClNO3S/c1-10(2)7-9-19-12-5-6-13(20(15,17)18)14-11(12)4-3-8-16-14/h3-8H,9H2,1-2H3. The molecule has 0 unspecified atom stereocenters. The van der Waals surface area contributed by atoms with Crippen LogP contribution in [0.15, 0.2) is 47.0 Å². The first-order valence-corrected chi connectivity index (χ1v) is 8.29. The normalized spacial score (nSPS) is 11.3. The fourth-order valence-electron chi connectivity index (χ4n) is 1.74. The minimum Gasteiger partial charge on any atom is -0.489 e. The molecule has 0 fully saturated rings. The lowest BCUT2D eigenvalue weighted by Crippen LogP contribution is -1.99. The van der Waals surface area contributed by atoms with Gasteiger partial charge in [0.15, 0.2) is 0 Å². The highest BCUT2D eigenvalue weighted by molar-refractivity contribution is 8.14. The van der Waals surface area contributed by atoms with Gasteiger partial charge in [0.05, 0.1) is 5.52 Å². The molecule has 0 spiro atoms. The van der Waals surface area contributed by atoms with Gasteiger partial charge in [-0.15, -0.1) is 0 Å². The lowest BCUT2D eigenvalue weighted by Gasteiger charge is -2.09. The van der Waals surface area contributed by atoms with E-state index in [-0.39, 0.29) is 4.90 Å². The number of nitrogens with zero attached hydrogens (tertiary/aromatic N) is 1. The van der Waals surface area contributed by atoms with Gasteiger partial charge in [-0.2, -0.15) is 0 Å². The molecule has 0 N–H and O–H groups in total. The van der Waals surface area contributed by atoms with E-state index < -0.39 is 9.05 Å². The van der Waals surface area contributed by atoms with Gasteiger partial charge in [0.25, 0.3) is 9.05 Å². The molecule has 2 aromatic rings. The van der Waals surface area contributed by atoms with Gasteiger partial charge in [0.1, 0.15) is 17.3 Å². The molecule has 20 heavy (non-hydrogen) atoms. The molecule has 0 atom stereocenters. The van der Waals surface area contributed by atoms with Crippen molar-refractivity contribution >= 4 is 30.6 Å². The topological polar surface area (TPSA) is 56.3 Å². The second-order valence-corrected chi connectivity index (χ2v) is 7.03. The van der Waals surface area contributed by atoms with Crippen LogP contribution in [-0.4, -0.2) is 20.0 Å². The van der Waals surface area contributed by atoms with Crippen LogP contribution in [-0.2, 0) is 9.05 Å². The molecule has 0 radical (unpaired) electrons. The van der Waals surface area contributed by atoms with Crippen molar-refractivity contribution in [1.29, 1.82) is 0 Å². The second kappa shape index (κ2) is 5.81. The predicted molar refractivity (Wildman–Crippen MR) is 79.7 cm³/mol. The summed E-state index contributed by atoms with van der Waals surface area (Å²) >= 11 is 0. The maximum Gasteiger partial charge on any atom is 0.263 e. The van der Waals surface area contributed by atoms with Gasteiger partial charge >= 0.3 is 0 Å². The van der Waals surface area contributed by atoms with Crippen molar-refractivity contribution in [2.75, 3.05) is 6.61 Å². The average molecular weight is 312 g/mol. The van der Waals surface area contributed by atoms with Crippen LogP contribution < -0.4 is 4.74 Å². The van der Waals surface area contributed by atoms with Crippen LogP contribution in [0, 0.1) is 0 Å². The van der Waals surface area contributed by atoms with Crippen LogP contribution >= 0.6 is 10.7 Å². The Morgan fingerprint density at radius 3 is 2.75 bits per heavy atom. The summed E-state index contributed by atoms with van der Waals surface area (Å²) in [5, 5.41) is 0.622. The Kier molecular flexibility index (Phi) is 4.30. The zero-order valence-electron chi connectivity index (χ0n) is 11.1. The summed E-state index contributed by atoms with van der Waals surface area (Å²) in [5.41, 5.74) is 1.46. The monoisotopic (exact) mass is 311 g/mol. The van der Waals surface area contributed by atoms with Gasteiger partial charge in [-0.05, 0) is 44.2 Å². The minimum absolute atomic E-state index is 0.00988. The summed E-state index contributed by atoms with van der Waals surface area (Å²) in [6.07, 6.45) is 3.46. The van der Waals surface area contributed by atoms with E-state index in [0.717, 1.165) is 5.57 Å². The smallest absolute Gasteiger partial charge is 0.263 e. The van der Waals surface area contributed by atoms with Crippen molar-refractivity contribution in [3.8, 4) is 5.75 Å². The first-order valence-electron chi connectivity index (χ1n) is 5.98. The molecule has 0 saturated carbocycles.